The molecule has 1 unspecified atom stereocenters. The Morgan fingerprint density at radius 2 is 1.52 bits per heavy atom. The van der Waals surface area contributed by atoms with Gasteiger partial charge in [-0.3, -0.25) is 23.9 Å². The molecule has 0 saturated carbocycles. The maximum atomic E-state index is 13.7. The van der Waals surface area contributed by atoms with E-state index in [1.54, 1.807) is 92.3 Å². The Morgan fingerprint density at radius 1 is 0.840 bits per heavy atom. The molecule has 1 atom stereocenters. The number of carbonyl (C=O) groups is 3. The first kappa shape index (κ1) is 35.3. The number of hydrogen-bond donors (Lipinski definition) is 3. The van der Waals surface area contributed by atoms with Crippen LogP contribution >= 0.6 is 11.8 Å². The Bertz CT molecular complexity index is 2110. The summed E-state index contributed by atoms with van der Waals surface area (Å²) in [7, 11) is 4.76. The minimum Gasteiger partial charge on any atom is -0.493 e. The molecule has 256 valence electrons. The summed E-state index contributed by atoms with van der Waals surface area (Å²) >= 11 is 1.27. The number of hydrogen-bond acceptors (Lipinski definition) is 7. The maximum absolute atomic E-state index is 13.7. The molecule has 12 heteroatoms. The topological polar surface area (TPSA) is 133 Å². The number of carbonyl (C=O) groups excluding carboxylic acids is 3. The molecule has 0 saturated heterocycles. The number of aromatic nitrogens is 2. The lowest BCUT2D eigenvalue weighted by Gasteiger charge is -2.15. The van der Waals surface area contributed by atoms with Crippen molar-refractivity contribution in [2.24, 2.45) is 7.05 Å². The van der Waals surface area contributed by atoms with Gasteiger partial charge in [0.25, 0.3) is 17.4 Å². The number of thioether (sulfide) groups is 1. The van der Waals surface area contributed by atoms with Crippen LogP contribution in [0.4, 0.5) is 11.4 Å². The van der Waals surface area contributed by atoms with Crippen LogP contribution in [0.3, 0.4) is 0 Å². The van der Waals surface area contributed by atoms with E-state index < -0.39 is 17.1 Å². The van der Waals surface area contributed by atoms with Crippen molar-refractivity contribution in [3.63, 3.8) is 0 Å². The monoisotopic (exact) mass is 691 g/mol. The standard InChI is InChI=1S/C38H37N5O6S/c1-24-33(38(47)43(42(24)3)29-18-10-7-11-19-29)41-35(44)25(2)50-30-20-13-17-28(23-30)39-37(46)31(40-36(45)26-14-8-6-9-15-26)22-27-16-12-21-32(48-4)34(27)49-5/h6-23,25H,1-5H3,(H,39,46)(H,40,45)(H,41,44)/b31-22+. The van der Waals surface area contributed by atoms with Gasteiger partial charge in [-0.1, -0.05) is 54.6 Å². The van der Waals surface area contributed by atoms with E-state index >= 15 is 0 Å². The van der Waals surface area contributed by atoms with E-state index in [1.165, 1.54) is 36.7 Å². The van der Waals surface area contributed by atoms with Crippen LogP contribution in [0.25, 0.3) is 11.8 Å². The van der Waals surface area contributed by atoms with Crippen molar-refractivity contribution in [1.82, 2.24) is 14.7 Å². The lowest BCUT2D eigenvalue weighted by molar-refractivity contribution is -0.115. The smallest absolute Gasteiger partial charge is 0.295 e. The molecule has 0 fully saturated rings. The van der Waals surface area contributed by atoms with Crippen LogP contribution in [-0.4, -0.2) is 46.6 Å². The molecule has 1 aromatic heterocycles. The van der Waals surface area contributed by atoms with Gasteiger partial charge in [-0.15, -0.1) is 11.8 Å². The lowest BCUT2D eigenvalue weighted by atomic mass is 10.1. The highest BCUT2D eigenvalue weighted by Crippen LogP contribution is 2.32. The largest absolute Gasteiger partial charge is 0.493 e. The van der Waals surface area contributed by atoms with Crippen molar-refractivity contribution < 1.29 is 23.9 Å². The van der Waals surface area contributed by atoms with Gasteiger partial charge in [0, 0.05) is 28.8 Å². The minimum atomic E-state index is -0.591. The number of nitrogens with zero attached hydrogens (tertiary/aromatic N) is 2. The predicted molar refractivity (Wildman–Crippen MR) is 196 cm³/mol. The van der Waals surface area contributed by atoms with Crippen LogP contribution in [-0.2, 0) is 16.6 Å². The van der Waals surface area contributed by atoms with Crippen LogP contribution in [0.2, 0.25) is 0 Å². The summed E-state index contributed by atoms with van der Waals surface area (Å²) in [4.78, 5) is 54.1. The first-order chi connectivity index (χ1) is 24.1. The van der Waals surface area contributed by atoms with E-state index in [4.69, 9.17) is 9.47 Å². The van der Waals surface area contributed by atoms with Crippen molar-refractivity contribution in [1.29, 1.82) is 0 Å². The summed E-state index contributed by atoms with van der Waals surface area (Å²) in [6.07, 6.45) is 1.51. The molecule has 3 N–H and O–H groups in total. The normalized spacial score (nSPS) is 11.7. The summed E-state index contributed by atoms with van der Waals surface area (Å²) in [6.45, 7) is 3.51. The van der Waals surface area contributed by atoms with E-state index in [0.29, 0.717) is 44.6 Å². The SMILES string of the molecule is COc1cccc(/C=C(/NC(=O)c2ccccc2)C(=O)Nc2cccc(SC(C)C(=O)Nc3c(C)n(C)n(-c4ccccc4)c3=O)c2)c1OC. The van der Waals surface area contributed by atoms with Crippen LogP contribution in [0.15, 0.2) is 119 Å². The Hall–Kier alpha value is -6.01. The van der Waals surface area contributed by atoms with E-state index in [0.717, 1.165) is 0 Å². The van der Waals surface area contributed by atoms with E-state index in [9.17, 15) is 19.2 Å². The summed E-state index contributed by atoms with van der Waals surface area (Å²) in [6, 6.07) is 29.9. The van der Waals surface area contributed by atoms with Crippen LogP contribution in [0.1, 0.15) is 28.5 Å². The van der Waals surface area contributed by atoms with Gasteiger partial charge in [0.05, 0.1) is 30.9 Å². The average Bonchev–Trinajstić information content (AvgIpc) is 3.34. The fourth-order valence-electron chi connectivity index (χ4n) is 5.16. The molecule has 0 radical (unpaired) electrons. The van der Waals surface area contributed by atoms with Gasteiger partial charge in [0.15, 0.2) is 11.5 Å². The van der Waals surface area contributed by atoms with Crippen molar-refractivity contribution in [3.05, 3.63) is 136 Å². The average molecular weight is 692 g/mol. The first-order valence-corrected chi connectivity index (χ1v) is 16.5. The second kappa shape index (κ2) is 15.9. The Morgan fingerprint density at radius 3 is 2.20 bits per heavy atom. The predicted octanol–water partition coefficient (Wildman–Crippen LogP) is 6.03. The number of amides is 3. The lowest BCUT2D eigenvalue weighted by Crippen LogP contribution is -2.30. The number of nitrogens with one attached hydrogen (secondary N) is 3. The highest BCUT2D eigenvalue weighted by Gasteiger charge is 2.22. The van der Waals surface area contributed by atoms with Crippen LogP contribution in [0, 0.1) is 6.92 Å². The number of methoxy groups -OCH3 is 2. The molecule has 0 bridgehead atoms. The third-order valence-electron chi connectivity index (χ3n) is 7.84. The van der Waals surface area contributed by atoms with Gasteiger partial charge in [-0.2, -0.15) is 0 Å². The highest BCUT2D eigenvalue weighted by molar-refractivity contribution is 8.00. The van der Waals surface area contributed by atoms with Gasteiger partial charge in [0.1, 0.15) is 11.4 Å². The van der Waals surface area contributed by atoms with Gasteiger partial charge >= 0.3 is 0 Å². The van der Waals surface area contributed by atoms with Gasteiger partial charge in [-0.05, 0) is 68.5 Å². The molecule has 5 aromatic rings. The van der Waals surface area contributed by atoms with Gasteiger partial charge < -0.3 is 25.4 Å². The molecule has 5 rings (SSSR count). The molecular formula is C38H37N5O6S. The first-order valence-electron chi connectivity index (χ1n) is 15.6. The number of ether oxygens (including phenoxy) is 2. The fraction of sp³-hybridized carbons (Fsp3) is 0.158. The molecule has 1 heterocycles. The van der Waals surface area contributed by atoms with Crippen molar-refractivity contribution in [3.8, 4) is 17.2 Å². The summed E-state index contributed by atoms with van der Waals surface area (Å²) in [5, 5.41) is 7.80. The van der Waals surface area contributed by atoms with E-state index in [2.05, 4.69) is 16.0 Å². The van der Waals surface area contributed by atoms with Gasteiger partial charge in [0.2, 0.25) is 5.91 Å². The number of para-hydroxylation sites is 2. The van der Waals surface area contributed by atoms with Gasteiger partial charge in [-0.25, -0.2) is 4.68 Å². The second-order valence-electron chi connectivity index (χ2n) is 11.1. The highest BCUT2D eigenvalue weighted by atomic mass is 32.2. The maximum Gasteiger partial charge on any atom is 0.295 e. The zero-order chi connectivity index (χ0) is 35.8. The quantitative estimate of drug-likeness (QED) is 0.108. The molecule has 0 aliphatic heterocycles. The molecule has 11 nitrogen and oxygen atoms in total. The molecule has 50 heavy (non-hydrogen) atoms. The Balaban J connectivity index is 1.34. The van der Waals surface area contributed by atoms with Crippen LogP contribution in [0.5, 0.6) is 11.5 Å². The number of rotatable bonds is 12. The third kappa shape index (κ3) is 7.99. The minimum absolute atomic E-state index is 0.0319. The second-order valence-corrected chi connectivity index (χ2v) is 12.5. The number of benzene rings is 4. The third-order valence-corrected chi connectivity index (χ3v) is 8.93. The molecule has 4 aromatic carbocycles. The molecule has 0 spiro atoms. The van der Waals surface area contributed by atoms with Crippen molar-refractivity contribution in [2.45, 2.75) is 24.0 Å². The van der Waals surface area contributed by atoms with Crippen molar-refractivity contribution in [2.75, 3.05) is 24.9 Å². The van der Waals surface area contributed by atoms with E-state index in [1.807, 2.05) is 36.4 Å². The summed E-state index contributed by atoms with van der Waals surface area (Å²) in [5.74, 6) is -0.549. The summed E-state index contributed by atoms with van der Waals surface area (Å²) in [5.41, 5.74) is 2.47. The zero-order valence-corrected chi connectivity index (χ0v) is 29.0. The molecule has 0 aliphatic carbocycles. The molecule has 0 aliphatic rings. The van der Waals surface area contributed by atoms with Crippen LogP contribution < -0.4 is 31.0 Å². The zero-order valence-electron chi connectivity index (χ0n) is 28.2. The summed E-state index contributed by atoms with van der Waals surface area (Å²) < 4.78 is 14.1. The fourth-order valence-corrected chi connectivity index (χ4v) is 6.09. The van der Waals surface area contributed by atoms with Crippen molar-refractivity contribution >= 4 is 46.9 Å². The Kier molecular flexibility index (Phi) is 11.2. The molecule has 3 amide bonds. The van der Waals surface area contributed by atoms with E-state index in [-0.39, 0.29) is 22.9 Å². The molecular weight excluding hydrogens is 655 g/mol. The number of anilines is 2. The Labute approximate surface area is 293 Å².